The van der Waals surface area contributed by atoms with Gasteiger partial charge in [0.1, 0.15) is 17.7 Å². The molecule has 0 saturated heterocycles. The summed E-state index contributed by atoms with van der Waals surface area (Å²) >= 11 is 0. The van der Waals surface area contributed by atoms with Crippen LogP contribution in [0.2, 0.25) is 0 Å². The van der Waals surface area contributed by atoms with E-state index in [0.29, 0.717) is 5.56 Å². The molecule has 0 spiro atoms. The largest absolute Gasteiger partial charge is 0.456 e. The first-order valence-corrected chi connectivity index (χ1v) is 6.71. The van der Waals surface area contributed by atoms with Gasteiger partial charge in [-0.3, -0.25) is 10.1 Å². The molecule has 0 saturated carbocycles. The van der Waals surface area contributed by atoms with Crippen LogP contribution in [0.1, 0.15) is 12.5 Å². The Morgan fingerprint density at radius 3 is 2.78 bits per heavy atom. The molecule has 0 fully saturated rings. The van der Waals surface area contributed by atoms with Crippen LogP contribution in [0.4, 0.5) is 5.69 Å². The molecule has 0 aliphatic rings. The van der Waals surface area contributed by atoms with Gasteiger partial charge < -0.3 is 9.47 Å². The van der Waals surface area contributed by atoms with E-state index in [-0.39, 0.29) is 17.9 Å². The van der Waals surface area contributed by atoms with Gasteiger partial charge in [-0.1, -0.05) is 18.2 Å². The molecule has 1 aromatic rings. The minimum Gasteiger partial charge on any atom is -0.456 e. The molecule has 1 rings (SSSR count). The summed E-state index contributed by atoms with van der Waals surface area (Å²) in [4.78, 5) is 22.1. The minimum absolute atomic E-state index is 0.0630. The molecule has 0 N–H and O–H groups in total. The number of ether oxygens (including phenoxy) is 2. The first kappa shape index (κ1) is 18.1. The summed E-state index contributed by atoms with van der Waals surface area (Å²) in [7, 11) is 1.47. The molecule has 0 unspecified atom stereocenters. The van der Waals surface area contributed by atoms with Gasteiger partial charge in [0.05, 0.1) is 17.1 Å². The molecule has 0 bridgehead atoms. The van der Waals surface area contributed by atoms with Crippen LogP contribution < -0.4 is 0 Å². The number of nitrogens with zero attached hydrogens (tertiary/aromatic N) is 2. The predicted octanol–water partition coefficient (Wildman–Crippen LogP) is 2.64. The summed E-state index contributed by atoms with van der Waals surface area (Å²) in [6, 6.07) is 7.88. The van der Waals surface area contributed by atoms with E-state index in [9.17, 15) is 14.9 Å². The maximum absolute atomic E-state index is 11.8. The SMILES string of the molecule is COC[C@@H](C)OC(=O)/C(C#N)=C/C=C/c1ccccc1[N+](=O)[O-]. The Kier molecular flexibility index (Phi) is 7.17. The van der Waals surface area contributed by atoms with Gasteiger partial charge in [-0.05, 0) is 25.1 Å². The van der Waals surface area contributed by atoms with Crippen molar-refractivity contribution in [3.8, 4) is 6.07 Å². The molecule has 1 atom stereocenters. The highest BCUT2D eigenvalue weighted by atomic mass is 16.6. The van der Waals surface area contributed by atoms with Gasteiger partial charge in [-0.2, -0.15) is 5.26 Å². The lowest BCUT2D eigenvalue weighted by molar-refractivity contribution is -0.385. The maximum Gasteiger partial charge on any atom is 0.349 e. The smallest absolute Gasteiger partial charge is 0.349 e. The Morgan fingerprint density at radius 1 is 1.48 bits per heavy atom. The molecule has 0 aliphatic heterocycles. The molecule has 7 heteroatoms. The zero-order valence-electron chi connectivity index (χ0n) is 12.8. The highest BCUT2D eigenvalue weighted by molar-refractivity contribution is 5.93. The molecule has 0 heterocycles. The lowest BCUT2D eigenvalue weighted by Gasteiger charge is -2.10. The predicted molar refractivity (Wildman–Crippen MR) is 83.3 cm³/mol. The van der Waals surface area contributed by atoms with Gasteiger partial charge in [0, 0.05) is 13.2 Å². The number of allylic oxidation sites excluding steroid dienone is 2. The molecule has 7 nitrogen and oxygen atoms in total. The minimum atomic E-state index is -0.774. The van der Waals surface area contributed by atoms with Crippen LogP contribution >= 0.6 is 0 Å². The molecule has 23 heavy (non-hydrogen) atoms. The van der Waals surface area contributed by atoms with Crippen molar-refractivity contribution in [2.24, 2.45) is 0 Å². The van der Waals surface area contributed by atoms with E-state index in [1.54, 1.807) is 31.2 Å². The molecule has 120 valence electrons. The zero-order chi connectivity index (χ0) is 17.2. The first-order valence-electron chi connectivity index (χ1n) is 6.71. The van der Waals surface area contributed by atoms with Crippen molar-refractivity contribution < 1.29 is 19.2 Å². The second-order valence-corrected chi connectivity index (χ2v) is 4.54. The Hall–Kier alpha value is -2.98. The third-order valence-electron chi connectivity index (χ3n) is 2.72. The Balaban J connectivity index is 2.87. The summed E-state index contributed by atoms with van der Waals surface area (Å²) in [6.45, 7) is 1.86. The summed E-state index contributed by atoms with van der Waals surface area (Å²) in [6.07, 6.45) is 3.60. The molecule has 0 radical (unpaired) electrons. The summed E-state index contributed by atoms with van der Waals surface area (Å²) < 4.78 is 9.85. The number of carbonyl (C=O) groups excluding carboxylic acids is 1. The number of nitro groups is 1. The first-order chi connectivity index (χ1) is 11.0. The van der Waals surface area contributed by atoms with E-state index in [1.807, 2.05) is 0 Å². The van der Waals surface area contributed by atoms with Crippen molar-refractivity contribution in [1.29, 1.82) is 5.26 Å². The van der Waals surface area contributed by atoms with Crippen LogP contribution in [-0.4, -0.2) is 30.7 Å². The van der Waals surface area contributed by atoms with Crippen LogP contribution in [0, 0.1) is 21.4 Å². The van der Waals surface area contributed by atoms with Gasteiger partial charge >= 0.3 is 5.97 Å². The van der Waals surface area contributed by atoms with Gasteiger partial charge in [-0.15, -0.1) is 0 Å². The maximum atomic E-state index is 11.8. The third kappa shape index (κ3) is 5.73. The van der Waals surface area contributed by atoms with Gasteiger partial charge in [-0.25, -0.2) is 4.79 Å². The fraction of sp³-hybridized carbons (Fsp3) is 0.250. The highest BCUT2D eigenvalue weighted by Crippen LogP contribution is 2.19. The summed E-state index contributed by atoms with van der Waals surface area (Å²) in [5.41, 5.74) is 0.0990. The van der Waals surface area contributed by atoms with Crippen LogP contribution in [0.15, 0.2) is 42.0 Å². The lowest BCUT2D eigenvalue weighted by Crippen LogP contribution is -2.20. The van der Waals surface area contributed by atoms with Crippen LogP contribution in [0.3, 0.4) is 0 Å². The molecule has 0 aliphatic carbocycles. The zero-order valence-corrected chi connectivity index (χ0v) is 12.8. The van der Waals surface area contributed by atoms with Crippen molar-refractivity contribution in [3.63, 3.8) is 0 Å². The number of hydrogen-bond donors (Lipinski definition) is 0. The number of esters is 1. The second kappa shape index (κ2) is 9.12. The number of rotatable bonds is 7. The van der Waals surface area contributed by atoms with Gasteiger partial charge in [0.25, 0.3) is 5.69 Å². The summed E-state index contributed by atoms with van der Waals surface area (Å²) in [5.74, 6) is -0.774. The average Bonchev–Trinajstić information content (AvgIpc) is 2.51. The van der Waals surface area contributed by atoms with Gasteiger partial charge in [0.2, 0.25) is 0 Å². The molecular weight excluding hydrogens is 300 g/mol. The Morgan fingerprint density at radius 2 is 2.17 bits per heavy atom. The Bertz CT molecular complexity index is 673. The Labute approximate surface area is 133 Å². The fourth-order valence-electron chi connectivity index (χ4n) is 1.71. The number of carbonyl (C=O) groups is 1. The van der Waals surface area contributed by atoms with Crippen molar-refractivity contribution >= 4 is 17.7 Å². The quantitative estimate of drug-likeness (QED) is 0.191. The van der Waals surface area contributed by atoms with E-state index in [4.69, 9.17) is 14.7 Å². The molecule has 0 amide bonds. The van der Waals surface area contributed by atoms with E-state index < -0.39 is 17.0 Å². The summed E-state index contributed by atoms with van der Waals surface area (Å²) in [5, 5.41) is 19.9. The highest BCUT2D eigenvalue weighted by Gasteiger charge is 2.14. The number of methoxy groups -OCH3 is 1. The number of benzene rings is 1. The molecule has 0 aromatic heterocycles. The number of nitro benzene ring substituents is 1. The average molecular weight is 316 g/mol. The number of nitriles is 1. The van der Waals surface area contributed by atoms with Crippen molar-refractivity contribution in [1.82, 2.24) is 0 Å². The fourth-order valence-corrected chi connectivity index (χ4v) is 1.71. The second-order valence-electron chi connectivity index (χ2n) is 4.54. The van der Waals surface area contributed by atoms with Crippen LogP contribution in [0.5, 0.6) is 0 Å². The van der Waals surface area contributed by atoms with Crippen LogP contribution in [0.25, 0.3) is 6.08 Å². The topological polar surface area (TPSA) is 102 Å². The van der Waals surface area contributed by atoms with Crippen molar-refractivity contribution in [2.45, 2.75) is 13.0 Å². The normalized spacial score (nSPS) is 12.7. The van der Waals surface area contributed by atoms with E-state index in [2.05, 4.69) is 0 Å². The molecule has 1 aromatic carbocycles. The van der Waals surface area contributed by atoms with Crippen molar-refractivity contribution in [3.05, 3.63) is 57.7 Å². The lowest BCUT2D eigenvalue weighted by atomic mass is 10.1. The van der Waals surface area contributed by atoms with E-state index in [1.165, 1.54) is 31.4 Å². The molecular formula is C16H16N2O5. The van der Waals surface area contributed by atoms with Crippen molar-refractivity contribution in [2.75, 3.05) is 13.7 Å². The number of hydrogen-bond acceptors (Lipinski definition) is 6. The van der Waals surface area contributed by atoms with Gasteiger partial charge in [0.15, 0.2) is 0 Å². The number of para-hydroxylation sites is 1. The standard InChI is InChI=1S/C16H16N2O5/c1-12(11-22-2)23-16(19)14(10-17)8-5-7-13-6-3-4-9-15(13)18(20)21/h3-9,12H,11H2,1-2H3/b7-5+,14-8+/t12-/m1/s1. The van der Waals surface area contributed by atoms with E-state index in [0.717, 1.165) is 0 Å². The third-order valence-corrected chi connectivity index (χ3v) is 2.72. The van der Waals surface area contributed by atoms with E-state index >= 15 is 0 Å². The van der Waals surface area contributed by atoms with Crippen LogP contribution in [-0.2, 0) is 14.3 Å². The monoisotopic (exact) mass is 316 g/mol.